The van der Waals surface area contributed by atoms with Gasteiger partial charge in [0.1, 0.15) is 11.6 Å². The first-order chi connectivity index (χ1) is 13.5. The predicted octanol–water partition coefficient (Wildman–Crippen LogP) is 3.05. The van der Waals surface area contributed by atoms with Gasteiger partial charge in [0.2, 0.25) is 11.7 Å². The van der Waals surface area contributed by atoms with Gasteiger partial charge in [0.05, 0.1) is 24.0 Å². The first kappa shape index (κ1) is 18.0. The summed E-state index contributed by atoms with van der Waals surface area (Å²) < 4.78 is 19.0. The third kappa shape index (κ3) is 3.67. The van der Waals surface area contributed by atoms with Gasteiger partial charge in [-0.15, -0.1) is 0 Å². The van der Waals surface area contributed by atoms with E-state index in [2.05, 4.69) is 20.1 Å². The van der Waals surface area contributed by atoms with E-state index in [9.17, 15) is 9.18 Å². The molecule has 0 aliphatic rings. The first-order valence-electron chi connectivity index (χ1n) is 8.75. The van der Waals surface area contributed by atoms with Crippen LogP contribution in [0.15, 0.2) is 51.8 Å². The molecule has 0 saturated carbocycles. The minimum atomic E-state index is -0.313. The standard InChI is InChI=1S/C20H18FN5O2/c1-12-7-8-13(9-15(12)21)19-24-18(28-25-19)11-26(2)10-17-22-16-6-4-3-5-14(16)20(27)23-17/h3-9H,10-11H2,1-2H3,(H,22,23,27). The number of rotatable bonds is 5. The van der Waals surface area contributed by atoms with Crippen LogP contribution in [0.4, 0.5) is 4.39 Å². The highest BCUT2D eigenvalue weighted by Gasteiger charge is 2.13. The highest BCUT2D eigenvalue weighted by molar-refractivity contribution is 5.77. The second kappa shape index (κ2) is 7.32. The molecule has 4 aromatic rings. The highest BCUT2D eigenvalue weighted by Crippen LogP contribution is 2.19. The summed E-state index contributed by atoms with van der Waals surface area (Å²) in [7, 11) is 1.85. The molecule has 0 spiro atoms. The fourth-order valence-electron chi connectivity index (χ4n) is 2.92. The van der Waals surface area contributed by atoms with Crippen LogP contribution in [0.5, 0.6) is 0 Å². The van der Waals surface area contributed by atoms with Crippen molar-refractivity contribution in [2.75, 3.05) is 7.05 Å². The van der Waals surface area contributed by atoms with E-state index in [1.807, 2.05) is 18.0 Å². The van der Waals surface area contributed by atoms with Crippen molar-refractivity contribution in [1.29, 1.82) is 0 Å². The summed E-state index contributed by atoms with van der Waals surface area (Å²) in [4.78, 5) is 25.7. The molecule has 0 saturated heterocycles. The van der Waals surface area contributed by atoms with Crippen molar-refractivity contribution in [3.05, 3.63) is 75.9 Å². The summed E-state index contributed by atoms with van der Waals surface area (Å²) in [5, 5.41) is 4.48. The van der Waals surface area contributed by atoms with Gasteiger partial charge in [-0.2, -0.15) is 4.98 Å². The van der Waals surface area contributed by atoms with Crippen LogP contribution in [-0.4, -0.2) is 32.1 Å². The number of H-pyrrole nitrogens is 1. The van der Waals surface area contributed by atoms with Crippen LogP contribution in [0.25, 0.3) is 22.3 Å². The number of fused-ring (bicyclic) bond motifs is 1. The SMILES string of the molecule is Cc1ccc(-c2noc(CN(C)Cc3nc4ccccc4c(=O)[nH]3)n2)cc1F. The molecule has 2 aromatic carbocycles. The number of benzene rings is 2. The van der Waals surface area contributed by atoms with E-state index in [4.69, 9.17) is 4.52 Å². The maximum Gasteiger partial charge on any atom is 0.258 e. The molecule has 0 unspecified atom stereocenters. The fourth-order valence-corrected chi connectivity index (χ4v) is 2.92. The summed E-state index contributed by atoms with van der Waals surface area (Å²) in [5.74, 6) is 0.958. The number of para-hydroxylation sites is 1. The Morgan fingerprint density at radius 3 is 2.79 bits per heavy atom. The molecule has 0 aliphatic heterocycles. The maximum absolute atomic E-state index is 13.7. The Morgan fingerprint density at radius 1 is 1.14 bits per heavy atom. The van der Waals surface area contributed by atoms with E-state index in [1.165, 1.54) is 6.07 Å². The molecule has 0 atom stereocenters. The summed E-state index contributed by atoms with van der Waals surface area (Å²) >= 11 is 0. The van der Waals surface area contributed by atoms with Crippen molar-refractivity contribution < 1.29 is 8.91 Å². The van der Waals surface area contributed by atoms with E-state index < -0.39 is 0 Å². The zero-order valence-electron chi connectivity index (χ0n) is 15.4. The molecule has 0 amide bonds. The van der Waals surface area contributed by atoms with Crippen molar-refractivity contribution in [2.24, 2.45) is 0 Å². The number of nitrogens with zero attached hydrogens (tertiary/aromatic N) is 4. The lowest BCUT2D eigenvalue weighted by molar-refractivity contribution is 0.256. The normalized spacial score (nSPS) is 11.4. The second-order valence-electron chi connectivity index (χ2n) is 6.68. The summed E-state index contributed by atoms with van der Waals surface area (Å²) in [5.41, 5.74) is 1.59. The van der Waals surface area contributed by atoms with Gasteiger partial charge in [0, 0.05) is 5.56 Å². The van der Waals surface area contributed by atoms with Crippen LogP contribution < -0.4 is 5.56 Å². The smallest absolute Gasteiger partial charge is 0.258 e. The van der Waals surface area contributed by atoms with Crippen molar-refractivity contribution in [3.63, 3.8) is 0 Å². The Labute approximate surface area is 159 Å². The maximum atomic E-state index is 13.7. The van der Waals surface area contributed by atoms with E-state index in [0.29, 0.717) is 52.7 Å². The minimum Gasteiger partial charge on any atom is -0.338 e. The highest BCUT2D eigenvalue weighted by atomic mass is 19.1. The molecule has 4 rings (SSSR count). The molecule has 28 heavy (non-hydrogen) atoms. The van der Waals surface area contributed by atoms with Crippen LogP contribution in [-0.2, 0) is 13.1 Å². The number of aromatic nitrogens is 4. The summed E-state index contributed by atoms with van der Waals surface area (Å²) in [6.07, 6.45) is 0. The molecule has 0 radical (unpaired) electrons. The molecule has 8 heteroatoms. The number of nitrogens with one attached hydrogen (secondary N) is 1. The molecular weight excluding hydrogens is 361 g/mol. The van der Waals surface area contributed by atoms with Crippen molar-refractivity contribution in [2.45, 2.75) is 20.0 Å². The lowest BCUT2D eigenvalue weighted by Crippen LogP contribution is -2.22. The van der Waals surface area contributed by atoms with Gasteiger partial charge >= 0.3 is 0 Å². The van der Waals surface area contributed by atoms with Gasteiger partial charge in [-0.3, -0.25) is 9.69 Å². The number of halogens is 1. The molecule has 142 valence electrons. The Bertz CT molecular complexity index is 1200. The van der Waals surface area contributed by atoms with E-state index in [-0.39, 0.29) is 11.4 Å². The third-order valence-electron chi connectivity index (χ3n) is 4.38. The van der Waals surface area contributed by atoms with E-state index >= 15 is 0 Å². The van der Waals surface area contributed by atoms with Crippen LogP contribution in [0.1, 0.15) is 17.3 Å². The van der Waals surface area contributed by atoms with Crippen molar-refractivity contribution in [1.82, 2.24) is 25.0 Å². The third-order valence-corrected chi connectivity index (χ3v) is 4.38. The van der Waals surface area contributed by atoms with Crippen LogP contribution >= 0.6 is 0 Å². The van der Waals surface area contributed by atoms with Gasteiger partial charge in [-0.05, 0) is 37.7 Å². The van der Waals surface area contributed by atoms with Crippen LogP contribution in [0, 0.1) is 12.7 Å². The van der Waals surface area contributed by atoms with Gasteiger partial charge in [-0.1, -0.05) is 29.4 Å². The number of hydrogen-bond donors (Lipinski definition) is 1. The minimum absolute atomic E-state index is 0.171. The van der Waals surface area contributed by atoms with E-state index in [1.54, 1.807) is 37.3 Å². The molecule has 0 bridgehead atoms. The topological polar surface area (TPSA) is 87.9 Å². The van der Waals surface area contributed by atoms with Gasteiger partial charge in [0.25, 0.3) is 5.56 Å². The zero-order chi connectivity index (χ0) is 19.7. The molecular formula is C20H18FN5O2. The lowest BCUT2D eigenvalue weighted by Gasteiger charge is -2.13. The van der Waals surface area contributed by atoms with Gasteiger partial charge in [0.15, 0.2) is 0 Å². The lowest BCUT2D eigenvalue weighted by atomic mass is 10.1. The Kier molecular flexibility index (Phi) is 4.70. The molecule has 1 N–H and O–H groups in total. The Morgan fingerprint density at radius 2 is 1.96 bits per heavy atom. The Balaban J connectivity index is 1.48. The van der Waals surface area contributed by atoms with Crippen LogP contribution in [0.2, 0.25) is 0 Å². The average molecular weight is 379 g/mol. The van der Waals surface area contributed by atoms with E-state index in [0.717, 1.165) is 0 Å². The number of hydrogen-bond acceptors (Lipinski definition) is 6. The van der Waals surface area contributed by atoms with Crippen molar-refractivity contribution in [3.8, 4) is 11.4 Å². The monoisotopic (exact) mass is 379 g/mol. The van der Waals surface area contributed by atoms with Gasteiger partial charge < -0.3 is 9.51 Å². The predicted molar refractivity (Wildman–Crippen MR) is 102 cm³/mol. The molecule has 2 heterocycles. The summed E-state index contributed by atoms with van der Waals surface area (Å²) in [6, 6.07) is 12.0. The quantitative estimate of drug-likeness (QED) is 0.573. The van der Waals surface area contributed by atoms with Crippen LogP contribution in [0.3, 0.4) is 0 Å². The van der Waals surface area contributed by atoms with Gasteiger partial charge in [-0.25, -0.2) is 9.37 Å². The fraction of sp³-hybridized carbons (Fsp3) is 0.200. The number of aryl methyl sites for hydroxylation is 1. The second-order valence-corrected chi connectivity index (χ2v) is 6.68. The summed E-state index contributed by atoms with van der Waals surface area (Å²) in [6.45, 7) is 2.45. The zero-order valence-corrected chi connectivity index (χ0v) is 15.4. The average Bonchev–Trinajstić information content (AvgIpc) is 3.12. The first-order valence-corrected chi connectivity index (χ1v) is 8.75. The molecule has 0 fully saturated rings. The molecule has 7 nitrogen and oxygen atoms in total. The molecule has 0 aliphatic carbocycles. The Hall–Kier alpha value is -3.39. The van der Waals surface area contributed by atoms with Crippen molar-refractivity contribution >= 4 is 10.9 Å². The number of aromatic amines is 1. The molecule has 2 aromatic heterocycles. The largest absolute Gasteiger partial charge is 0.338 e.